The summed E-state index contributed by atoms with van der Waals surface area (Å²) in [5.74, 6) is 0.658. The van der Waals surface area contributed by atoms with E-state index in [9.17, 15) is 4.79 Å². The summed E-state index contributed by atoms with van der Waals surface area (Å²) in [7, 11) is 0. The first kappa shape index (κ1) is 19.7. The van der Waals surface area contributed by atoms with Crippen LogP contribution < -0.4 is 10.5 Å². The molecule has 0 spiro atoms. The van der Waals surface area contributed by atoms with Gasteiger partial charge in [0.05, 0.1) is 11.6 Å². The van der Waals surface area contributed by atoms with Crippen LogP contribution in [0.2, 0.25) is 5.02 Å². The maximum absolute atomic E-state index is 12.0. The lowest BCUT2D eigenvalue weighted by atomic mass is 10.2. The fourth-order valence-electron chi connectivity index (χ4n) is 2.58. The predicted molar refractivity (Wildman–Crippen MR) is 100 cm³/mol. The number of nitrogens with two attached hydrogens (primary N) is 1. The monoisotopic (exact) mass is 369 g/mol. The summed E-state index contributed by atoms with van der Waals surface area (Å²) in [4.78, 5) is 16.1. The van der Waals surface area contributed by atoms with Gasteiger partial charge in [-0.05, 0) is 45.4 Å². The molecular weight excluding hydrogens is 342 g/mol. The molecule has 0 radical (unpaired) electrons. The number of carbonyl (C=O) groups excluding carboxylic acids is 1. The van der Waals surface area contributed by atoms with Crippen LogP contribution in [0.25, 0.3) is 0 Å². The Bertz CT molecular complexity index is 581. The summed E-state index contributed by atoms with van der Waals surface area (Å²) < 4.78 is 11.1. The fraction of sp³-hybridized carbons (Fsp3) is 0.611. The molecule has 1 aromatic carbocycles. The second kappa shape index (κ2) is 8.63. The van der Waals surface area contributed by atoms with E-state index in [-0.39, 0.29) is 6.09 Å². The highest BCUT2D eigenvalue weighted by atomic mass is 35.5. The van der Waals surface area contributed by atoms with Crippen LogP contribution in [0.4, 0.5) is 10.5 Å². The number of carbonyl (C=O) groups is 1. The van der Waals surface area contributed by atoms with Crippen LogP contribution in [0.1, 0.15) is 27.2 Å². The van der Waals surface area contributed by atoms with Crippen molar-refractivity contribution in [3.8, 4) is 5.75 Å². The topological polar surface area (TPSA) is 68.0 Å². The van der Waals surface area contributed by atoms with E-state index in [1.807, 2.05) is 20.8 Å². The normalized spacial score (nSPS) is 15.9. The summed E-state index contributed by atoms with van der Waals surface area (Å²) in [6.45, 7) is 10.3. The van der Waals surface area contributed by atoms with E-state index in [0.717, 1.165) is 26.1 Å². The molecule has 1 fully saturated rings. The third-order valence-corrected chi connectivity index (χ3v) is 4.15. The maximum Gasteiger partial charge on any atom is 0.410 e. The van der Waals surface area contributed by atoms with Crippen molar-refractivity contribution in [2.45, 2.75) is 32.8 Å². The number of benzene rings is 1. The predicted octanol–water partition coefficient (Wildman–Crippen LogP) is 3.24. The number of ether oxygens (including phenoxy) is 2. The third kappa shape index (κ3) is 6.63. The van der Waals surface area contributed by atoms with Crippen LogP contribution in [-0.2, 0) is 4.74 Å². The molecule has 2 N–H and O–H groups in total. The summed E-state index contributed by atoms with van der Waals surface area (Å²) in [5, 5.41) is 0.533. The Hall–Kier alpha value is -1.66. The van der Waals surface area contributed by atoms with E-state index < -0.39 is 5.60 Å². The molecule has 0 bridgehead atoms. The van der Waals surface area contributed by atoms with E-state index in [1.165, 1.54) is 0 Å². The Morgan fingerprint density at radius 1 is 1.24 bits per heavy atom. The van der Waals surface area contributed by atoms with E-state index in [1.54, 1.807) is 23.1 Å². The first-order valence-corrected chi connectivity index (χ1v) is 9.00. The zero-order chi connectivity index (χ0) is 18.4. The molecule has 0 aliphatic carbocycles. The lowest BCUT2D eigenvalue weighted by Gasteiger charge is -2.35. The quantitative estimate of drug-likeness (QED) is 0.637. The molecule has 1 aliphatic rings. The van der Waals surface area contributed by atoms with Crippen molar-refractivity contribution in [1.82, 2.24) is 9.80 Å². The van der Waals surface area contributed by atoms with E-state index in [4.69, 9.17) is 26.8 Å². The largest absolute Gasteiger partial charge is 0.492 e. The molecule has 7 heteroatoms. The highest BCUT2D eigenvalue weighted by Gasteiger charge is 2.25. The number of hydrogen-bond donors (Lipinski definition) is 1. The number of halogens is 1. The molecule has 0 aromatic heterocycles. The van der Waals surface area contributed by atoms with Crippen molar-refractivity contribution in [2.75, 3.05) is 45.1 Å². The first-order valence-electron chi connectivity index (χ1n) is 8.63. The SMILES string of the molecule is CC(C)(C)OC(=O)N1CCN(CCCOc2ccc(N)cc2Cl)CC1. The standard InChI is InChI=1S/C18H28ClN3O3/c1-18(2,3)25-17(23)22-10-8-21(9-11-22)7-4-12-24-16-6-5-14(20)13-15(16)19/h5-6,13H,4,7-12,20H2,1-3H3. The van der Waals surface area contributed by atoms with Crippen molar-refractivity contribution < 1.29 is 14.3 Å². The average molecular weight is 370 g/mol. The zero-order valence-electron chi connectivity index (χ0n) is 15.3. The summed E-state index contributed by atoms with van der Waals surface area (Å²) >= 11 is 6.08. The highest BCUT2D eigenvalue weighted by molar-refractivity contribution is 6.32. The van der Waals surface area contributed by atoms with E-state index in [2.05, 4.69) is 4.90 Å². The van der Waals surface area contributed by atoms with Crippen LogP contribution >= 0.6 is 11.6 Å². The van der Waals surface area contributed by atoms with E-state index >= 15 is 0 Å². The summed E-state index contributed by atoms with van der Waals surface area (Å²) in [6, 6.07) is 5.25. The highest BCUT2D eigenvalue weighted by Crippen LogP contribution is 2.26. The smallest absolute Gasteiger partial charge is 0.410 e. The number of rotatable bonds is 5. The van der Waals surface area contributed by atoms with Gasteiger partial charge in [-0.3, -0.25) is 4.90 Å². The van der Waals surface area contributed by atoms with Crippen molar-refractivity contribution in [1.29, 1.82) is 0 Å². The minimum absolute atomic E-state index is 0.228. The van der Waals surface area contributed by atoms with Gasteiger partial charge in [-0.2, -0.15) is 0 Å². The van der Waals surface area contributed by atoms with Gasteiger partial charge >= 0.3 is 6.09 Å². The molecule has 1 aromatic rings. The van der Waals surface area contributed by atoms with Gasteiger partial charge in [-0.15, -0.1) is 0 Å². The molecule has 0 atom stereocenters. The number of amides is 1. The molecule has 25 heavy (non-hydrogen) atoms. The van der Waals surface area contributed by atoms with Crippen LogP contribution in [-0.4, -0.2) is 60.8 Å². The number of anilines is 1. The molecule has 6 nitrogen and oxygen atoms in total. The second-order valence-electron chi connectivity index (χ2n) is 7.20. The Labute approximate surface area is 154 Å². The molecule has 0 unspecified atom stereocenters. The van der Waals surface area contributed by atoms with Gasteiger partial charge in [0.2, 0.25) is 0 Å². The molecule has 1 saturated heterocycles. The van der Waals surface area contributed by atoms with Gasteiger partial charge in [0.15, 0.2) is 0 Å². The van der Waals surface area contributed by atoms with Gasteiger partial charge in [-0.25, -0.2) is 4.79 Å². The van der Waals surface area contributed by atoms with E-state index in [0.29, 0.717) is 36.2 Å². The second-order valence-corrected chi connectivity index (χ2v) is 7.61. The Balaban J connectivity index is 1.65. The van der Waals surface area contributed by atoms with Crippen molar-refractivity contribution in [2.24, 2.45) is 0 Å². The molecule has 1 heterocycles. The van der Waals surface area contributed by atoms with Crippen molar-refractivity contribution in [3.05, 3.63) is 23.2 Å². The van der Waals surface area contributed by atoms with Crippen LogP contribution in [0, 0.1) is 0 Å². The molecule has 140 valence electrons. The summed E-state index contributed by atoms with van der Waals surface area (Å²) in [6.07, 6.45) is 0.668. The Morgan fingerprint density at radius 2 is 1.92 bits per heavy atom. The first-order chi connectivity index (χ1) is 11.7. The van der Waals surface area contributed by atoms with Gasteiger partial charge in [0, 0.05) is 38.4 Å². The maximum atomic E-state index is 12.0. The van der Waals surface area contributed by atoms with Crippen LogP contribution in [0.5, 0.6) is 5.75 Å². The average Bonchev–Trinajstić information content (AvgIpc) is 2.52. The van der Waals surface area contributed by atoms with Gasteiger partial charge < -0.3 is 20.1 Å². The number of hydrogen-bond acceptors (Lipinski definition) is 5. The minimum atomic E-state index is -0.449. The molecular formula is C18H28ClN3O3. The zero-order valence-corrected chi connectivity index (χ0v) is 16.0. The van der Waals surface area contributed by atoms with Crippen LogP contribution in [0.15, 0.2) is 18.2 Å². The third-order valence-electron chi connectivity index (χ3n) is 3.86. The van der Waals surface area contributed by atoms with Crippen molar-refractivity contribution in [3.63, 3.8) is 0 Å². The summed E-state index contributed by atoms with van der Waals surface area (Å²) in [5.41, 5.74) is 5.84. The molecule has 1 amide bonds. The number of piperazine rings is 1. The van der Waals surface area contributed by atoms with Gasteiger partial charge in [0.25, 0.3) is 0 Å². The molecule has 2 rings (SSSR count). The lowest BCUT2D eigenvalue weighted by molar-refractivity contribution is 0.0142. The molecule has 0 saturated carbocycles. The number of nitrogens with zero attached hydrogens (tertiary/aromatic N) is 2. The van der Waals surface area contributed by atoms with Crippen LogP contribution in [0.3, 0.4) is 0 Å². The minimum Gasteiger partial charge on any atom is -0.492 e. The fourth-order valence-corrected chi connectivity index (χ4v) is 2.83. The lowest BCUT2D eigenvalue weighted by Crippen LogP contribution is -2.50. The van der Waals surface area contributed by atoms with Crippen molar-refractivity contribution >= 4 is 23.4 Å². The molecule has 1 aliphatic heterocycles. The Kier molecular flexibility index (Phi) is 6.79. The Morgan fingerprint density at radius 3 is 2.52 bits per heavy atom. The van der Waals surface area contributed by atoms with Gasteiger partial charge in [-0.1, -0.05) is 11.6 Å². The number of nitrogen functional groups attached to an aromatic ring is 1. The van der Waals surface area contributed by atoms with Gasteiger partial charge in [0.1, 0.15) is 11.4 Å².